The van der Waals surface area contributed by atoms with Gasteiger partial charge in [0.05, 0.1) is 17.8 Å². The average molecular weight is 390 g/mol. The molecule has 0 radical (unpaired) electrons. The molecular formula is C20H24ClN3O3. The summed E-state index contributed by atoms with van der Waals surface area (Å²) in [6.07, 6.45) is 2.96. The molecule has 0 amide bonds. The number of phenolic OH excluding ortho intramolecular Hbond substituents is 1. The third-order valence-corrected chi connectivity index (χ3v) is 5.66. The van der Waals surface area contributed by atoms with E-state index in [9.17, 15) is 5.11 Å². The number of nitrogens with zero attached hydrogens (tertiary/aromatic N) is 2. The first-order valence-corrected chi connectivity index (χ1v) is 9.58. The maximum Gasteiger partial charge on any atom is 0.154 e. The summed E-state index contributed by atoms with van der Waals surface area (Å²) in [5.41, 5.74) is 3.17. The number of aromatic nitrogens is 2. The van der Waals surface area contributed by atoms with Gasteiger partial charge >= 0.3 is 0 Å². The number of halogens is 1. The van der Waals surface area contributed by atoms with Crippen LogP contribution in [0.2, 0.25) is 5.02 Å². The Bertz CT molecular complexity index is 872. The van der Waals surface area contributed by atoms with Gasteiger partial charge in [0.25, 0.3) is 0 Å². The topological polar surface area (TPSA) is 76.5 Å². The van der Waals surface area contributed by atoms with E-state index >= 15 is 0 Å². The summed E-state index contributed by atoms with van der Waals surface area (Å²) in [6.45, 7) is 4.64. The Kier molecular flexibility index (Phi) is 4.74. The fourth-order valence-corrected chi connectivity index (χ4v) is 3.92. The molecule has 2 aliphatic rings. The third kappa shape index (κ3) is 3.49. The van der Waals surface area contributed by atoms with E-state index in [2.05, 4.69) is 15.5 Å². The van der Waals surface area contributed by atoms with E-state index in [4.69, 9.17) is 21.1 Å². The van der Waals surface area contributed by atoms with Gasteiger partial charge in [-0.2, -0.15) is 0 Å². The van der Waals surface area contributed by atoms with Crippen molar-refractivity contribution < 1.29 is 14.6 Å². The summed E-state index contributed by atoms with van der Waals surface area (Å²) in [7, 11) is 1.69. The van der Waals surface area contributed by atoms with Crippen LogP contribution >= 0.6 is 11.6 Å². The minimum atomic E-state index is -0.324. The zero-order chi connectivity index (χ0) is 19.2. The Balaban J connectivity index is 1.78. The van der Waals surface area contributed by atoms with Crippen LogP contribution < -0.4 is 5.32 Å². The van der Waals surface area contributed by atoms with Gasteiger partial charge in [0.2, 0.25) is 0 Å². The molecule has 2 N–H and O–H groups in total. The standard InChI is InChI=1S/C20H24ClN3O3/c1-20(2,26-3)10-22-19-17-14(9-12-5-7-16(17)27-12)18(23-24-19)13-6-4-11(21)8-15(13)25/h4,6,8,12,16,25H,5,7,9-10H2,1-3H3,(H,22,24)/t12-,16?/m1/s1. The molecule has 1 saturated heterocycles. The van der Waals surface area contributed by atoms with Gasteiger partial charge in [0, 0.05) is 36.2 Å². The van der Waals surface area contributed by atoms with E-state index < -0.39 is 0 Å². The maximum atomic E-state index is 10.4. The lowest BCUT2D eigenvalue weighted by molar-refractivity contribution is 0.0304. The number of ether oxygens (including phenoxy) is 2. The fraction of sp³-hybridized carbons (Fsp3) is 0.500. The summed E-state index contributed by atoms with van der Waals surface area (Å²) >= 11 is 5.99. The van der Waals surface area contributed by atoms with E-state index in [-0.39, 0.29) is 23.6 Å². The van der Waals surface area contributed by atoms with Crippen molar-refractivity contribution in [3.63, 3.8) is 0 Å². The lowest BCUT2D eigenvalue weighted by Gasteiger charge is -2.29. The number of aromatic hydroxyl groups is 1. The van der Waals surface area contributed by atoms with Gasteiger partial charge < -0.3 is 19.9 Å². The Morgan fingerprint density at radius 2 is 2.15 bits per heavy atom. The highest BCUT2D eigenvalue weighted by molar-refractivity contribution is 6.30. The molecule has 27 heavy (non-hydrogen) atoms. The van der Waals surface area contributed by atoms with Crippen LogP contribution in [0.4, 0.5) is 5.82 Å². The first-order chi connectivity index (χ1) is 12.9. The normalized spacial score (nSPS) is 21.2. The van der Waals surface area contributed by atoms with Crippen LogP contribution in [-0.2, 0) is 15.9 Å². The fourth-order valence-electron chi connectivity index (χ4n) is 3.75. The number of phenols is 1. The number of anilines is 1. The van der Waals surface area contributed by atoms with E-state index in [0.717, 1.165) is 36.2 Å². The quantitative estimate of drug-likeness (QED) is 0.801. The molecule has 2 aliphatic heterocycles. The summed E-state index contributed by atoms with van der Waals surface area (Å²) < 4.78 is 11.6. The molecule has 4 rings (SSSR count). The molecule has 3 heterocycles. The molecule has 144 valence electrons. The molecule has 7 heteroatoms. The third-order valence-electron chi connectivity index (χ3n) is 5.43. The average Bonchev–Trinajstić information content (AvgIpc) is 3.01. The van der Waals surface area contributed by atoms with Crippen molar-refractivity contribution >= 4 is 17.4 Å². The predicted octanol–water partition coefficient (Wildman–Crippen LogP) is 4.12. The van der Waals surface area contributed by atoms with Gasteiger partial charge in [0.15, 0.2) is 5.82 Å². The second-order valence-corrected chi connectivity index (χ2v) is 8.23. The summed E-state index contributed by atoms with van der Waals surface area (Å²) in [5.74, 6) is 0.844. The van der Waals surface area contributed by atoms with Crippen molar-refractivity contribution in [2.75, 3.05) is 19.0 Å². The number of rotatable bonds is 5. The Morgan fingerprint density at radius 3 is 2.89 bits per heavy atom. The molecule has 2 atom stereocenters. The highest BCUT2D eigenvalue weighted by Crippen LogP contribution is 2.47. The lowest BCUT2D eigenvalue weighted by atomic mass is 9.94. The lowest BCUT2D eigenvalue weighted by Crippen LogP contribution is -2.33. The summed E-state index contributed by atoms with van der Waals surface area (Å²) in [5, 5.41) is 23.2. The maximum absolute atomic E-state index is 10.4. The molecule has 2 aromatic rings. The number of hydrogen-bond acceptors (Lipinski definition) is 6. The van der Waals surface area contributed by atoms with Gasteiger partial charge in [0.1, 0.15) is 11.4 Å². The van der Waals surface area contributed by atoms with Crippen LogP contribution in [0.1, 0.15) is 43.9 Å². The Morgan fingerprint density at radius 1 is 1.33 bits per heavy atom. The van der Waals surface area contributed by atoms with Crippen molar-refractivity contribution in [2.45, 2.75) is 50.9 Å². The van der Waals surface area contributed by atoms with Crippen LogP contribution in [0.25, 0.3) is 11.3 Å². The minimum absolute atomic E-state index is 0.00982. The monoisotopic (exact) mass is 389 g/mol. The molecule has 6 nitrogen and oxygen atoms in total. The van der Waals surface area contributed by atoms with E-state index in [0.29, 0.717) is 22.8 Å². The largest absolute Gasteiger partial charge is 0.507 e. The molecule has 0 spiro atoms. The Hall–Kier alpha value is -1.89. The first-order valence-electron chi connectivity index (χ1n) is 9.21. The van der Waals surface area contributed by atoms with Gasteiger partial charge in [-0.25, -0.2) is 0 Å². The summed E-state index contributed by atoms with van der Waals surface area (Å²) in [4.78, 5) is 0. The van der Waals surface area contributed by atoms with Crippen LogP contribution in [0.15, 0.2) is 18.2 Å². The van der Waals surface area contributed by atoms with Crippen molar-refractivity contribution in [1.82, 2.24) is 10.2 Å². The molecule has 1 fully saturated rings. The number of methoxy groups -OCH3 is 1. The molecule has 2 bridgehead atoms. The second kappa shape index (κ2) is 6.93. The number of hydrogen-bond donors (Lipinski definition) is 2. The zero-order valence-corrected chi connectivity index (χ0v) is 16.5. The number of fused-ring (bicyclic) bond motifs is 4. The Labute approximate surface area is 163 Å². The van der Waals surface area contributed by atoms with Gasteiger partial charge in [-0.15, -0.1) is 10.2 Å². The van der Waals surface area contributed by atoms with Gasteiger partial charge in [-0.05, 0) is 50.5 Å². The number of benzene rings is 1. The number of nitrogens with one attached hydrogen (secondary N) is 1. The van der Waals surface area contributed by atoms with Crippen LogP contribution in [0.3, 0.4) is 0 Å². The van der Waals surface area contributed by atoms with Crippen molar-refractivity contribution in [2.24, 2.45) is 0 Å². The molecule has 0 aliphatic carbocycles. The predicted molar refractivity (Wildman–Crippen MR) is 104 cm³/mol. The van der Waals surface area contributed by atoms with E-state index in [1.165, 1.54) is 6.07 Å². The molecule has 0 saturated carbocycles. The minimum Gasteiger partial charge on any atom is -0.507 e. The zero-order valence-electron chi connectivity index (χ0n) is 15.8. The summed E-state index contributed by atoms with van der Waals surface area (Å²) in [6, 6.07) is 5.08. The van der Waals surface area contributed by atoms with Crippen LogP contribution in [0.5, 0.6) is 5.75 Å². The second-order valence-electron chi connectivity index (χ2n) is 7.80. The molecular weight excluding hydrogens is 366 g/mol. The van der Waals surface area contributed by atoms with Gasteiger partial charge in [-0.1, -0.05) is 11.6 Å². The van der Waals surface area contributed by atoms with Gasteiger partial charge in [-0.3, -0.25) is 0 Å². The van der Waals surface area contributed by atoms with Crippen molar-refractivity contribution in [1.29, 1.82) is 0 Å². The molecule has 1 aromatic heterocycles. The van der Waals surface area contributed by atoms with Crippen molar-refractivity contribution in [3.05, 3.63) is 34.3 Å². The van der Waals surface area contributed by atoms with Crippen LogP contribution in [0, 0.1) is 0 Å². The first kappa shape index (κ1) is 18.5. The smallest absolute Gasteiger partial charge is 0.154 e. The molecule has 1 unspecified atom stereocenters. The van der Waals surface area contributed by atoms with Crippen LogP contribution in [-0.4, -0.2) is 40.7 Å². The highest BCUT2D eigenvalue weighted by Gasteiger charge is 2.38. The van der Waals surface area contributed by atoms with E-state index in [1.54, 1.807) is 19.2 Å². The van der Waals surface area contributed by atoms with Crippen molar-refractivity contribution in [3.8, 4) is 17.0 Å². The highest BCUT2D eigenvalue weighted by atomic mass is 35.5. The van der Waals surface area contributed by atoms with E-state index in [1.807, 2.05) is 13.8 Å². The molecule has 1 aromatic carbocycles. The SMILES string of the molecule is COC(C)(C)CNc1nnc(-c2ccc(Cl)cc2O)c2c1C1CC[C@H](C2)O1.